The molecule has 110 valence electrons. The summed E-state index contributed by atoms with van der Waals surface area (Å²) in [5, 5.41) is 0. The van der Waals surface area contributed by atoms with E-state index in [1.54, 1.807) is 0 Å². The van der Waals surface area contributed by atoms with Crippen molar-refractivity contribution in [2.45, 2.75) is 44.4 Å². The SMILES string of the molecule is C[C@@H](NS(=O)(=O)Cc1ccccc1)[C@H]1C[C@H]2CC[C@H]1C2. The second kappa shape index (κ2) is 5.49. The zero-order valence-corrected chi connectivity index (χ0v) is 12.8. The molecular weight excluding hydrogens is 270 g/mol. The van der Waals surface area contributed by atoms with Gasteiger partial charge >= 0.3 is 0 Å². The first kappa shape index (κ1) is 14.1. The molecule has 0 aromatic heterocycles. The molecule has 4 atom stereocenters. The molecule has 3 rings (SSSR count). The van der Waals surface area contributed by atoms with Crippen LogP contribution in [0.4, 0.5) is 0 Å². The molecule has 3 nitrogen and oxygen atoms in total. The zero-order chi connectivity index (χ0) is 14.2. The first-order chi connectivity index (χ1) is 9.53. The van der Waals surface area contributed by atoms with E-state index in [2.05, 4.69) is 4.72 Å². The van der Waals surface area contributed by atoms with Gasteiger partial charge in [0.25, 0.3) is 0 Å². The van der Waals surface area contributed by atoms with Gasteiger partial charge in [0.15, 0.2) is 0 Å². The summed E-state index contributed by atoms with van der Waals surface area (Å²) in [7, 11) is -3.24. The summed E-state index contributed by atoms with van der Waals surface area (Å²) >= 11 is 0. The van der Waals surface area contributed by atoms with E-state index in [1.807, 2.05) is 37.3 Å². The number of fused-ring (bicyclic) bond motifs is 2. The third-order valence-corrected chi connectivity index (χ3v) is 6.44. The van der Waals surface area contributed by atoms with Gasteiger partial charge in [-0.15, -0.1) is 0 Å². The van der Waals surface area contributed by atoms with Crippen molar-refractivity contribution >= 4 is 10.0 Å². The van der Waals surface area contributed by atoms with Crippen LogP contribution in [0.5, 0.6) is 0 Å². The molecule has 0 unspecified atom stereocenters. The van der Waals surface area contributed by atoms with Crippen LogP contribution in [-0.4, -0.2) is 14.5 Å². The summed E-state index contributed by atoms with van der Waals surface area (Å²) in [4.78, 5) is 0. The van der Waals surface area contributed by atoms with Crippen molar-refractivity contribution in [3.63, 3.8) is 0 Å². The van der Waals surface area contributed by atoms with Crippen LogP contribution in [0, 0.1) is 17.8 Å². The quantitative estimate of drug-likeness (QED) is 0.907. The summed E-state index contributed by atoms with van der Waals surface area (Å²) in [6, 6.07) is 9.46. The predicted octanol–water partition coefficient (Wildman–Crippen LogP) is 2.93. The third kappa shape index (κ3) is 3.07. The van der Waals surface area contributed by atoms with Gasteiger partial charge in [0.1, 0.15) is 0 Å². The molecule has 0 saturated heterocycles. The molecule has 2 fully saturated rings. The lowest BCUT2D eigenvalue weighted by atomic mass is 9.84. The molecule has 4 heteroatoms. The fourth-order valence-corrected chi connectivity index (χ4v) is 5.57. The maximum absolute atomic E-state index is 12.3. The highest BCUT2D eigenvalue weighted by Gasteiger charge is 2.42. The van der Waals surface area contributed by atoms with Crippen LogP contribution in [0.3, 0.4) is 0 Å². The second-order valence-electron chi connectivity index (χ2n) is 6.49. The summed E-state index contributed by atoms with van der Waals surface area (Å²) in [5.74, 6) is 2.22. The van der Waals surface area contributed by atoms with Gasteiger partial charge in [-0.2, -0.15) is 0 Å². The Morgan fingerprint density at radius 3 is 2.55 bits per heavy atom. The van der Waals surface area contributed by atoms with E-state index in [0.717, 1.165) is 17.4 Å². The number of rotatable bonds is 5. The number of benzene rings is 1. The van der Waals surface area contributed by atoms with Gasteiger partial charge in [0.2, 0.25) is 10.0 Å². The van der Waals surface area contributed by atoms with E-state index in [0.29, 0.717) is 5.92 Å². The molecule has 0 spiro atoms. The molecular formula is C16H23NO2S. The minimum atomic E-state index is -3.24. The zero-order valence-electron chi connectivity index (χ0n) is 12.0. The molecule has 0 aliphatic heterocycles. The molecule has 2 aliphatic carbocycles. The van der Waals surface area contributed by atoms with Crippen LogP contribution in [0.2, 0.25) is 0 Å². The second-order valence-corrected chi connectivity index (χ2v) is 8.24. The van der Waals surface area contributed by atoms with Gasteiger partial charge in [-0.25, -0.2) is 13.1 Å². The largest absolute Gasteiger partial charge is 0.216 e. The summed E-state index contributed by atoms with van der Waals surface area (Å²) < 4.78 is 27.4. The Kier molecular flexibility index (Phi) is 3.87. The number of sulfonamides is 1. The van der Waals surface area contributed by atoms with Crippen molar-refractivity contribution in [3.05, 3.63) is 35.9 Å². The van der Waals surface area contributed by atoms with Crippen LogP contribution in [0.1, 0.15) is 38.2 Å². The Hall–Kier alpha value is -0.870. The van der Waals surface area contributed by atoms with E-state index >= 15 is 0 Å². The van der Waals surface area contributed by atoms with E-state index in [4.69, 9.17) is 0 Å². The van der Waals surface area contributed by atoms with E-state index in [-0.39, 0.29) is 11.8 Å². The molecule has 20 heavy (non-hydrogen) atoms. The van der Waals surface area contributed by atoms with E-state index in [1.165, 1.54) is 25.7 Å². The first-order valence-electron chi connectivity index (χ1n) is 7.57. The molecule has 2 bridgehead atoms. The van der Waals surface area contributed by atoms with Crippen LogP contribution < -0.4 is 4.72 Å². The average molecular weight is 293 g/mol. The Bertz CT molecular complexity index is 555. The summed E-state index contributed by atoms with van der Waals surface area (Å²) in [6.45, 7) is 2.04. The Balaban J connectivity index is 1.61. The maximum Gasteiger partial charge on any atom is 0.216 e. The van der Waals surface area contributed by atoms with Crippen LogP contribution in [-0.2, 0) is 15.8 Å². The normalized spacial score (nSPS) is 30.6. The molecule has 0 heterocycles. The molecule has 1 aromatic carbocycles. The van der Waals surface area contributed by atoms with Gasteiger partial charge in [-0.1, -0.05) is 36.8 Å². The molecule has 2 aliphatic rings. The minimum Gasteiger partial charge on any atom is -0.212 e. The van der Waals surface area contributed by atoms with Gasteiger partial charge < -0.3 is 0 Å². The Morgan fingerprint density at radius 2 is 1.95 bits per heavy atom. The highest BCUT2D eigenvalue weighted by Crippen LogP contribution is 2.49. The summed E-state index contributed by atoms with van der Waals surface area (Å²) in [5.41, 5.74) is 0.847. The fourth-order valence-electron chi connectivity index (χ4n) is 4.11. The monoisotopic (exact) mass is 293 g/mol. The van der Waals surface area contributed by atoms with Crippen molar-refractivity contribution in [3.8, 4) is 0 Å². The predicted molar refractivity (Wildman–Crippen MR) is 80.6 cm³/mol. The van der Waals surface area contributed by atoms with Crippen molar-refractivity contribution in [2.75, 3.05) is 0 Å². The highest BCUT2D eigenvalue weighted by molar-refractivity contribution is 7.88. The fraction of sp³-hybridized carbons (Fsp3) is 0.625. The first-order valence-corrected chi connectivity index (χ1v) is 9.22. The Labute approximate surface area is 121 Å². The van der Waals surface area contributed by atoms with Crippen LogP contribution in [0.15, 0.2) is 30.3 Å². The van der Waals surface area contributed by atoms with Crippen molar-refractivity contribution in [1.29, 1.82) is 0 Å². The van der Waals surface area contributed by atoms with Crippen molar-refractivity contribution in [2.24, 2.45) is 17.8 Å². The third-order valence-electron chi connectivity index (χ3n) is 5.00. The Morgan fingerprint density at radius 1 is 1.20 bits per heavy atom. The van der Waals surface area contributed by atoms with Crippen molar-refractivity contribution < 1.29 is 8.42 Å². The number of hydrogen-bond acceptors (Lipinski definition) is 2. The van der Waals surface area contributed by atoms with Crippen molar-refractivity contribution in [1.82, 2.24) is 4.72 Å². The smallest absolute Gasteiger partial charge is 0.212 e. The minimum absolute atomic E-state index is 0.0685. The topological polar surface area (TPSA) is 46.2 Å². The molecule has 0 radical (unpaired) electrons. The molecule has 0 amide bonds. The number of nitrogens with one attached hydrogen (secondary N) is 1. The van der Waals surface area contributed by atoms with Gasteiger partial charge in [0.05, 0.1) is 5.75 Å². The lowest BCUT2D eigenvalue weighted by molar-refractivity contribution is 0.280. The van der Waals surface area contributed by atoms with E-state index < -0.39 is 10.0 Å². The van der Waals surface area contributed by atoms with Crippen LogP contribution >= 0.6 is 0 Å². The average Bonchev–Trinajstić information content (AvgIpc) is 3.01. The van der Waals surface area contributed by atoms with E-state index in [9.17, 15) is 8.42 Å². The standard InChI is InChI=1S/C16H23NO2S/c1-12(16-10-14-7-8-15(16)9-14)17-20(18,19)11-13-5-3-2-4-6-13/h2-6,12,14-17H,7-11H2,1H3/t12-,14+,15+,16-/m1/s1. The maximum atomic E-state index is 12.3. The lowest BCUT2D eigenvalue weighted by Gasteiger charge is -2.28. The van der Waals surface area contributed by atoms with Gasteiger partial charge in [0, 0.05) is 6.04 Å². The molecule has 1 aromatic rings. The highest BCUT2D eigenvalue weighted by atomic mass is 32.2. The number of hydrogen-bond donors (Lipinski definition) is 1. The molecule has 2 saturated carbocycles. The molecule has 1 N–H and O–H groups in total. The lowest BCUT2D eigenvalue weighted by Crippen LogP contribution is -2.40. The van der Waals surface area contributed by atoms with Gasteiger partial charge in [-0.3, -0.25) is 0 Å². The van der Waals surface area contributed by atoms with Crippen LogP contribution in [0.25, 0.3) is 0 Å². The van der Waals surface area contributed by atoms with Gasteiger partial charge in [-0.05, 0) is 49.5 Å². The summed E-state index contributed by atoms with van der Waals surface area (Å²) in [6.07, 6.45) is 5.17.